The van der Waals surface area contributed by atoms with Crippen LogP contribution in [0.4, 0.5) is 0 Å². The van der Waals surface area contributed by atoms with Gasteiger partial charge in [0.25, 0.3) is 0 Å². The third-order valence-electron chi connectivity index (χ3n) is 0.289. The maximum atomic E-state index is 5.11. The fourth-order valence-electron chi connectivity index (χ4n) is 0. The highest BCUT2D eigenvalue weighted by Gasteiger charge is 1.67. The highest BCUT2D eigenvalue weighted by atomic mass is 14.6. The van der Waals surface area contributed by atoms with Crippen LogP contribution in [0, 0.1) is 0 Å². The Morgan fingerprint density at radius 1 is 1.23 bits per heavy atom. The third-order valence-corrected chi connectivity index (χ3v) is 0.289. The SMILES string of the molecule is C=CC.C=CCC.CC.CC(C)N. The molecule has 0 bridgehead atoms. The molecule has 13 heavy (non-hydrogen) atoms. The van der Waals surface area contributed by atoms with Crippen molar-refractivity contribution in [2.45, 2.75) is 54.0 Å². The second-order valence-electron chi connectivity index (χ2n) is 2.35. The highest BCUT2D eigenvalue weighted by molar-refractivity contribution is 4.60. The van der Waals surface area contributed by atoms with Gasteiger partial charge in [-0.1, -0.05) is 46.8 Å². The Morgan fingerprint density at radius 3 is 1.31 bits per heavy atom. The standard InChI is InChI=1S/C4H8.C3H9N.C3H6.C2H6/c1-3-4-2;1-3(2)4;1-3-2;1-2/h3H,1,4H2,2H3;3H,4H2,1-2H3;3H,1H2,2H3;1-2H3. The van der Waals surface area contributed by atoms with Crippen LogP contribution in [0.25, 0.3) is 0 Å². The zero-order chi connectivity index (χ0) is 11.7. The minimum atomic E-state index is 0.333. The molecule has 0 spiro atoms. The van der Waals surface area contributed by atoms with Crippen molar-refractivity contribution in [3.8, 4) is 0 Å². The maximum Gasteiger partial charge on any atom is -0.00179 e. The van der Waals surface area contributed by atoms with E-state index in [1.54, 1.807) is 6.08 Å². The number of allylic oxidation sites excluding steroid dienone is 2. The van der Waals surface area contributed by atoms with Gasteiger partial charge in [0.05, 0.1) is 0 Å². The summed E-state index contributed by atoms with van der Waals surface area (Å²) in [5, 5.41) is 0. The number of hydrogen-bond acceptors (Lipinski definition) is 1. The van der Waals surface area contributed by atoms with Gasteiger partial charge < -0.3 is 5.73 Å². The first-order valence-electron chi connectivity index (χ1n) is 5.00. The lowest BCUT2D eigenvalue weighted by Crippen LogP contribution is -2.06. The van der Waals surface area contributed by atoms with Crippen LogP contribution in [-0.2, 0) is 0 Å². The molecule has 0 fully saturated rings. The van der Waals surface area contributed by atoms with Crippen LogP contribution >= 0.6 is 0 Å². The van der Waals surface area contributed by atoms with E-state index in [2.05, 4.69) is 20.1 Å². The first-order chi connectivity index (χ1) is 6.06. The summed E-state index contributed by atoms with van der Waals surface area (Å²) < 4.78 is 0. The lowest BCUT2D eigenvalue weighted by atomic mass is 10.5. The van der Waals surface area contributed by atoms with Crippen molar-refractivity contribution in [3.63, 3.8) is 0 Å². The summed E-state index contributed by atoms with van der Waals surface area (Å²) in [6, 6.07) is 0.333. The van der Waals surface area contributed by atoms with Crippen molar-refractivity contribution < 1.29 is 0 Å². The van der Waals surface area contributed by atoms with E-state index in [0.717, 1.165) is 6.42 Å². The largest absolute Gasteiger partial charge is 0.328 e. The van der Waals surface area contributed by atoms with Crippen molar-refractivity contribution in [2.75, 3.05) is 0 Å². The molecule has 0 aliphatic rings. The smallest absolute Gasteiger partial charge is 0.00179 e. The molecule has 0 saturated carbocycles. The normalized spacial score (nSPS) is 6.15. The molecule has 0 aliphatic heterocycles. The van der Waals surface area contributed by atoms with Gasteiger partial charge in [-0.15, -0.1) is 13.2 Å². The Hall–Kier alpha value is -0.560. The second kappa shape index (κ2) is 42.1. The molecule has 0 aromatic heterocycles. The van der Waals surface area contributed by atoms with Gasteiger partial charge in [-0.25, -0.2) is 0 Å². The lowest BCUT2D eigenvalue weighted by molar-refractivity contribution is 0.834. The Bertz CT molecular complexity index is 62.8. The zero-order valence-corrected chi connectivity index (χ0v) is 10.4. The molecule has 0 aromatic rings. The van der Waals surface area contributed by atoms with Gasteiger partial charge >= 0.3 is 0 Å². The van der Waals surface area contributed by atoms with Crippen LogP contribution < -0.4 is 5.73 Å². The van der Waals surface area contributed by atoms with Crippen LogP contribution in [0.3, 0.4) is 0 Å². The topological polar surface area (TPSA) is 26.0 Å². The number of rotatable bonds is 1. The summed E-state index contributed by atoms with van der Waals surface area (Å²) in [5.41, 5.74) is 5.11. The minimum absolute atomic E-state index is 0.333. The van der Waals surface area contributed by atoms with Crippen molar-refractivity contribution in [2.24, 2.45) is 5.73 Å². The summed E-state index contributed by atoms with van der Waals surface area (Å²) >= 11 is 0. The monoisotopic (exact) mass is 187 g/mol. The molecule has 0 saturated heterocycles. The molecule has 0 aliphatic carbocycles. The first kappa shape index (κ1) is 22.9. The van der Waals surface area contributed by atoms with E-state index in [9.17, 15) is 0 Å². The first-order valence-corrected chi connectivity index (χ1v) is 5.00. The molecule has 1 nitrogen and oxygen atoms in total. The van der Waals surface area contributed by atoms with E-state index in [1.165, 1.54) is 0 Å². The summed E-state index contributed by atoms with van der Waals surface area (Å²) in [7, 11) is 0. The van der Waals surface area contributed by atoms with Gasteiger partial charge in [0.1, 0.15) is 0 Å². The second-order valence-corrected chi connectivity index (χ2v) is 2.35. The van der Waals surface area contributed by atoms with Gasteiger partial charge in [0.2, 0.25) is 0 Å². The fraction of sp³-hybridized carbons (Fsp3) is 0.667. The molecule has 1 heteroatoms. The molecule has 0 aromatic carbocycles. The van der Waals surface area contributed by atoms with Crippen molar-refractivity contribution in [3.05, 3.63) is 25.3 Å². The molecule has 2 N–H and O–H groups in total. The van der Waals surface area contributed by atoms with Crippen LogP contribution in [-0.4, -0.2) is 6.04 Å². The molecular formula is C12H29N. The number of nitrogens with two attached hydrogens (primary N) is 1. The van der Waals surface area contributed by atoms with E-state index in [4.69, 9.17) is 5.73 Å². The van der Waals surface area contributed by atoms with Crippen molar-refractivity contribution in [1.82, 2.24) is 0 Å². The molecule has 0 unspecified atom stereocenters. The van der Waals surface area contributed by atoms with Crippen LogP contribution in [0.2, 0.25) is 0 Å². The van der Waals surface area contributed by atoms with Crippen molar-refractivity contribution in [1.29, 1.82) is 0 Å². The Labute approximate surface area is 85.7 Å². The van der Waals surface area contributed by atoms with Crippen LogP contribution in [0.1, 0.15) is 48.0 Å². The summed E-state index contributed by atoms with van der Waals surface area (Å²) in [4.78, 5) is 0. The van der Waals surface area contributed by atoms with E-state index < -0.39 is 0 Å². The quantitative estimate of drug-likeness (QED) is 0.613. The van der Waals surface area contributed by atoms with E-state index in [1.807, 2.05) is 40.7 Å². The van der Waals surface area contributed by atoms with Gasteiger partial charge in [0, 0.05) is 0 Å². The summed E-state index contributed by atoms with van der Waals surface area (Å²) in [6.45, 7) is 18.7. The Morgan fingerprint density at radius 2 is 1.31 bits per heavy atom. The molecule has 0 radical (unpaired) electrons. The third kappa shape index (κ3) is 5270. The Balaban J connectivity index is -0.0000000431. The molecule has 82 valence electrons. The molecule has 0 rings (SSSR count). The van der Waals surface area contributed by atoms with E-state index >= 15 is 0 Å². The molecule has 0 amide bonds. The van der Waals surface area contributed by atoms with E-state index in [0.29, 0.717) is 6.04 Å². The van der Waals surface area contributed by atoms with Gasteiger partial charge in [-0.05, 0) is 19.4 Å². The van der Waals surface area contributed by atoms with Gasteiger partial charge in [0.15, 0.2) is 0 Å². The average Bonchev–Trinajstić information content (AvgIpc) is 2.08. The van der Waals surface area contributed by atoms with E-state index in [-0.39, 0.29) is 0 Å². The van der Waals surface area contributed by atoms with Gasteiger partial charge in [-0.2, -0.15) is 0 Å². The van der Waals surface area contributed by atoms with Crippen LogP contribution in [0.15, 0.2) is 25.3 Å². The van der Waals surface area contributed by atoms with Gasteiger partial charge in [-0.3, -0.25) is 0 Å². The van der Waals surface area contributed by atoms with Crippen LogP contribution in [0.5, 0.6) is 0 Å². The highest BCUT2D eigenvalue weighted by Crippen LogP contribution is 1.66. The molecule has 0 atom stereocenters. The van der Waals surface area contributed by atoms with Crippen molar-refractivity contribution >= 4 is 0 Å². The maximum absolute atomic E-state index is 5.11. The predicted octanol–water partition coefficient (Wildman–Crippen LogP) is 4.15. The minimum Gasteiger partial charge on any atom is -0.328 e. The zero-order valence-electron chi connectivity index (χ0n) is 10.4. The fourth-order valence-corrected chi connectivity index (χ4v) is 0. The lowest BCUT2D eigenvalue weighted by Gasteiger charge is -1.81. The molecular weight excluding hydrogens is 158 g/mol. The summed E-state index contributed by atoms with van der Waals surface area (Å²) in [5.74, 6) is 0. The summed E-state index contributed by atoms with van der Waals surface area (Å²) in [6.07, 6.45) is 4.71. The predicted molar refractivity (Wildman–Crippen MR) is 67.0 cm³/mol. The molecule has 0 heterocycles. The average molecular weight is 187 g/mol. The Kier molecular flexibility index (Phi) is 74.1. The number of hydrogen-bond donors (Lipinski definition) is 1.